The highest BCUT2D eigenvalue weighted by Crippen LogP contribution is 2.25. The molecule has 1 aliphatic heterocycles. The Hall–Kier alpha value is -2.23. The summed E-state index contributed by atoms with van der Waals surface area (Å²) >= 11 is 0. The maximum Gasteiger partial charge on any atom is 0.265 e. The van der Waals surface area contributed by atoms with Crippen molar-refractivity contribution in [2.45, 2.75) is 55.7 Å². The lowest BCUT2D eigenvalue weighted by atomic mass is 9.87. The lowest BCUT2D eigenvalue weighted by molar-refractivity contribution is 0.0980. The second-order valence-corrected chi connectivity index (χ2v) is 12.4. The molecular formula is C22H28N2O5S2. The van der Waals surface area contributed by atoms with Crippen LogP contribution in [0.25, 0.3) is 0 Å². The molecule has 2 aromatic carbocycles. The number of rotatable bonds is 5. The zero-order valence-corrected chi connectivity index (χ0v) is 19.8. The van der Waals surface area contributed by atoms with E-state index in [1.807, 2.05) is 20.8 Å². The minimum absolute atomic E-state index is 0.00941. The van der Waals surface area contributed by atoms with Crippen LogP contribution in [0.3, 0.4) is 0 Å². The number of carbonyl (C=O) groups excluding carboxylic acids is 1. The first-order chi connectivity index (χ1) is 14.3. The zero-order valence-electron chi connectivity index (χ0n) is 18.2. The average molecular weight is 465 g/mol. The number of hydrogen-bond donors (Lipinski definition) is 1. The van der Waals surface area contributed by atoms with Crippen LogP contribution in [0.2, 0.25) is 0 Å². The molecule has 7 nitrogen and oxygen atoms in total. The molecule has 0 radical (unpaired) electrons. The molecule has 1 N–H and O–H groups in total. The van der Waals surface area contributed by atoms with E-state index >= 15 is 0 Å². The molecule has 0 saturated carbocycles. The number of aryl methyl sites for hydroxylation is 1. The van der Waals surface area contributed by atoms with Crippen LogP contribution in [-0.4, -0.2) is 40.1 Å². The summed E-state index contributed by atoms with van der Waals surface area (Å²) in [5.74, 6) is -0.865. The molecule has 0 atom stereocenters. The van der Waals surface area contributed by atoms with Crippen LogP contribution in [0.5, 0.6) is 0 Å². The standard InChI is InChI=1S/C22H28N2O5S2/c1-16-7-10-19(31(28,29)24-13-5-6-14-24)15-20(16)21(25)23-30(26,27)18-11-8-17(9-12-18)22(2,3)4/h7-12,15H,5-6,13-14H2,1-4H3,(H,23,25). The van der Waals surface area contributed by atoms with E-state index in [-0.39, 0.29) is 20.8 Å². The highest BCUT2D eigenvalue weighted by molar-refractivity contribution is 7.90. The highest BCUT2D eigenvalue weighted by atomic mass is 32.2. The summed E-state index contributed by atoms with van der Waals surface area (Å²) in [6.45, 7) is 8.57. The lowest BCUT2D eigenvalue weighted by Gasteiger charge is -2.19. The zero-order chi connectivity index (χ0) is 23.0. The van der Waals surface area contributed by atoms with E-state index in [0.717, 1.165) is 18.4 Å². The van der Waals surface area contributed by atoms with E-state index in [2.05, 4.69) is 4.72 Å². The predicted octanol–water partition coefficient (Wildman–Crippen LogP) is 3.20. The van der Waals surface area contributed by atoms with E-state index in [4.69, 9.17) is 0 Å². The summed E-state index contributed by atoms with van der Waals surface area (Å²) in [6, 6.07) is 10.5. The van der Waals surface area contributed by atoms with Crippen LogP contribution in [0.1, 0.15) is 55.1 Å². The maximum atomic E-state index is 12.8. The largest absolute Gasteiger partial charge is 0.268 e. The Bertz CT molecular complexity index is 1190. The van der Waals surface area contributed by atoms with Gasteiger partial charge in [-0.3, -0.25) is 4.79 Å². The molecule has 3 rings (SSSR count). The van der Waals surface area contributed by atoms with Gasteiger partial charge in [-0.15, -0.1) is 0 Å². The maximum absolute atomic E-state index is 12.8. The second-order valence-electron chi connectivity index (χ2n) is 8.80. The number of nitrogens with one attached hydrogen (secondary N) is 1. The Morgan fingerprint density at radius 1 is 0.903 bits per heavy atom. The molecule has 1 saturated heterocycles. The molecule has 168 valence electrons. The Morgan fingerprint density at radius 3 is 2.00 bits per heavy atom. The third-order valence-electron chi connectivity index (χ3n) is 5.41. The summed E-state index contributed by atoms with van der Waals surface area (Å²) in [5.41, 5.74) is 1.32. The molecule has 1 amide bonds. The van der Waals surface area contributed by atoms with Gasteiger partial charge in [0.05, 0.1) is 9.79 Å². The predicted molar refractivity (Wildman–Crippen MR) is 119 cm³/mol. The van der Waals surface area contributed by atoms with Crippen molar-refractivity contribution in [3.63, 3.8) is 0 Å². The lowest BCUT2D eigenvalue weighted by Crippen LogP contribution is -2.32. The van der Waals surface area contributed by atoms with Crippen molar-refractivity contribution >= 4 is 26.0 Å². The average Bonchev–Trinajstić information content (AvgIpc) is 3.23. The fourth-order valence-electron chi connectivity index (χ4n) is 3.45. The van der Waals surface area contributed by atoms with Crippen LogP contribution >= 0.6 is 0 Å². The number of benzene rings is 2. The van der Waals surface area contributed by atoms with Gasteiger partial charge in [-0.05, 0) is 60.6 Å². The van der Waals surface area contributed by atoms with Gasteiger partial charge in [0.2, 0.25) is 10.0 Å². The van der Waals surface area contributed by atoms with E-state index in [0.29, 0.717) is 18.7 Å². The van der Waals surface area contributed by atoms with E-state index in [1.165, 1.54) is 34.6 Å². The molecule has 0 aromatic heterocycles. The van der Waals surface area contributed by atoms with Gasteiger partial charge in [0, 0.05) is 18.7 Å². The first kappa shape index (κ1) is 23.4. The normalized spacial score (nSPS) is 15.7. The summed E-state index contributed by atoms with van der Waals surface area (Å²) < 4.78 is 54.5. The summed E-state index contributed by atoms with van der Waals surface area (Å²) in [7, 11) is -7.83. The molecular weight excluding hydrogens is 436 g/mol. The molecule has 9 heteroatoms. The molecule has 0 bridgehead atoms. The Balaban J connectivity index is 1.87. The fourth-order valence-corrected chi connectivity index (χ4v) is 5.96. The van der Waals surface area contributed by atoms with E-state index < -0.39 is 26.0 Å². The van der Waals surface area contributed by atoms with Crippen LogP contribution < -0.4 is 4.72 Å². The van der Waals surface area contributed by atoms with E-state index in [9.17, 15) is 21.6 Å². The van der Waals surface area contributed by atoms with Crippen LogP contribution in [-0.2, 0) is 25.5 Å². The topological polar surface area (TPSA) is 101 Å². The van der Waals surface area contributed by atoms with Gasteiger partial charge >= 0.3 is 0 Å². The van der Waals surface area contributed by atoms with Crippen molar-refractivity contribution < 1.29 is 21.6 Å². The third-order valence-corrected chi connectivity index (χ3v) is 8.66. The van der Waals surface area contributed by atoms with E-state index in [1.54, 1.807) is 19.1 Å². The Labute approximate surface area is 184 Å². The minimum Gasteiger partial charge on any atom is -0.268 e. The molecule has 1 aliphatic rings. The number of nitrogens with zero attached hydrogens (tertiary/aromatic N) is 1. The van der Waals surface area contributed by atoms with Crippen molar-refractivity contribution in [2.75, 3.05) is 13.1 Å². The molecule has 1 fully saturated rings. The van der Waals surface area contributed by atoms with Gasteiger partial charge in [0.1, 0.15) is 0 Å². The Kier molecular flexibility index (Phi) is 6.32. The van der Waals surface area contributed by atoms with Crippen LogP contribution in [0, 0.1) is 6.92 Å². The molecule has 0 spiro atoms. The molecule has 2 aromatic rings. The summed E-state index contributed by atoms with van der Waals surface area (Å²) in [6.07, 6.45) is 1.59. The van der Waals surface area contributed by atoms with Gasteiger partial charge in [-0.25, -0.2) is 21.6 Å². The highest BCUT2D eigenvalue weighted by Gasteiger charge is 2.29. The van der Waals surface area contributed by atoms with Crippen molar-refractivity contribution in [1.29, 1.82) is 0 Å². The molecule has 31 heavy (non-hydrogen) atoms. The van der Waals surface area contributed by atoms with Gasteiger partial charge in [-0.2, -0.15) is 4.31 Å². The third kappa shape index (κ3) is 4.99. The number of amides is 1. The van der Waals surface area contributed by atoms with Crippen molar-refractivity contribution in [1.82, 2.24) is 9.03 Å². The van der Waals surface area contributed by atoms with Gasteiger partial charge in [0.25, 0.3) is 15.9 Å². The number of carbonyl (C=O) groups is 1. The van der Waals surface area contributed by atoms with Crippen molar-refractivity contribution in [3.8, 4) is 0 Å². The summed E-state index contributed by atoms with van der Waals surface area (Å²) in [4.78, 5) is 12.7. The van der Waals surface area contributed by atoms with Crippen LogP contribution in [0.15, 0.2) is 52.3 Å². The minimum atomic E-state index is -4.11. The van der Waals surface area contributed by atoms with Gasteiger partial charge < -0.3 is 0 Å². The Morgan fingerprint density at radius 2 is 1.45 bits per heavy atom. The molecule has 0 aliphatic carbocycles. The second kappa shape index (κ2) is 8.37. The summed E-state index contributed by atoms with van der Waals surface area (Å²) in [5, 5.41) is 0. The van der Waals surface area contributed by atoms with Crippen molar-refractivity contribution in [2.24, 2.45) is 0 Å². The number of hydrogen-bond acceptors (Lipinski definition) is 5. The van der Waals surface area contributed by atoms with Gasteiger partial charge in [-0.1, -0.05) is 39.0 Å². The number of sulfonamides is 2. The smallest absolute Gasteiger partial charge is 0.265 e. The SMILES string of the molecule is Cc1ccc(S(=O)(=O)N2CCCC2)cc1C(=O)NS(=O)(=O)c1ccc(C(C)(C)C)cc1. The first-order valence-electron chi connectivity index (χ1n) is 10.1. The monoisotopic (exact) mass is 464 g/mol. The van der Waals surface area contributed by atoms with Crippen molar-refractivity contribution in [3.05, 3.63) is 59.2 Å². The fraction of sp³-hybridized carbons (Fsp3) is 0.409. The molecule has 0 unspecified atom stereocenters. The van der Waals surface area contributed by atoms with Crippen LogP contribution in [0.4, 0.5) is 0 Å². The first-order valence-corrected chi connectivity index (χ1v) is 13.0. The molecule has 1 heterocycles. The van der Waals surface area contributed by atoms with Gasteiger partial charge in [0.15, 0.2) is 0 Å². The quantitative estimate of drug-likeness (QED) is 0.732.